The summed E-state index contributed by atoms with van der Waals surface area (Å²) in [6.07, 6.45) is 0.109. The molecule has 0 saturated carbocycles. The van der Waals surface area contributed by atoms with Gasteiger partial charge < -0.3 is 20.2 Å². The lowest BCUT2D eigenvalue weighted by atomic mass is 10.4. The fourth-order valence-electron chi connectivity index (χ4n) is 0.880. The van der Waals surface area contributed by atoms with E-state index in [0.29, 0.717) is 19.2 Å². The van der Waals surface area contributed by atoms with Crippen LogP contribution < -0.4 is 11.1 Å². The second-order valence-electron chi connectivity index (χ2n) is 2.59. The van der Waals surface area contributed by atoms with E-state index in [4.69, 9.17) is 14.9 Å². The zero-order valence-electron chi connectivity index (χ0n) is 7.78. The summed E-state index contributed by atoms with van der Waals surface area (Å²) in [6.45, 7) is 5.21. The van der Waals surface area contributed by atoms with E-state index in [1.165, 1.54) is 0 Å². The van der Waals surface area contributed by atoms with Gasteiger partial charge in [0, 0.05) is 13.2 Å². The molecule has 0 fully saturated rings. The molecule has 74 valence electrons. The molecule has 0 aromatic carbocycles. The van der Waals surface area contributed by atoms with Gasteiger partial charge in [-0.1, -0.05) is 10.2 Å². The third-order valence-electron chi connectivity index (χ3n) is 1.43. The molecule has 6 heteroatoms. The van der Waals surface area contributed by atoms with Crippen LogP contribution in [0.3, 0.4) is 0 Å². The van der Waals surface area contributed by atoms with E-state index >= 15 is 0 Å². The normalized spacial score (nSPS) is 12.8. The summed E-state index contributed by atoms with van der Waals surface area (Å²) in [5, 5.41) is 10.0. The molecule has 0 aliphatic rings. The van der Waals surface area contributed by atoms with Gasteiger partial charge in [-0.25, -0.2) is 0 Å². The van der Waals surface area contributed by atoms with E-state index in [1.54, 1.807) is 0 Å². The summed E-state index contributed by atoms with van der Waals surface area (Å²) in [7, 11) is 0. The smallest absolute Gasteiger partial charge is 0.316 e. The Hall–Kier alpha value is -1.30. The summed E-state index contributed by atoms with van der Waals surface area (Å²) < 4.78 is 10.2. The molecule has 0 aliphatic heterocycles. The van der Waals surface area contributed by atoms with Crippen LogP contribution >= 0.6 is 0 Å². The average molecular weight is 186 g/mol. The van der Waals surface area contributed by atoms with Gasteiger partial charge in [-0.2, -0.15) is 0 Å². The summed E-state index contributed by atoms with van der Waals surface area (Å²) in [4.78, 5) is 0. The molecule has 0 radical (unpaired) electrons. The topological polar surface area (TPSA) is 86.2 Å². The first-order chi connectivity index (χ1) is 6.22. The molecule has 0 spiro atoms. The van der Waals surface area contributed by atoms with E-state index in [1.807, 2.05) is 13.8 Å². The highest BCUT2D eigenvalue weighted by Gasteiger charge is 2.04. The highest BCUT2D eigenvalue weighted by Crippen LogP contribution is 2.05. The Bertz CT molecular complexity index is 250. The number of nitrogen functional groups attached to an aromatic ring is 1. The van der Waals surface area contributed by atoms with Crippen molar-refractivity contribution >= 4 is 12.0 Å². The van der Waals surface area contributed by atoms with Gasteiger partial charge >= 0.3 is 12.0 Å². The summed E-state index contributed by atoms with van der Waals surface area (Å²) in [5.41, 5.74) is 5.23. The maximum absolute atomic E-state index is 5.29. The number of rotatable bonds is 5. The maximum Gasteiger partial charge on any atom is 0.316 e. The van der Waals surface area contributed by atoms with Crippen LogP contribution in [0.2, 0.25) is 0 Å². The molecule has 13 heavy (non-hydrogen) atoms. The Balaban J connectivity index is 2.26. The number of nitrogens with zero attached hydrogens (tertiary/aromatic N) is 2. The monoisotopic (exact) mass is 186 g/mol. The minimum absolute atomic E-state index is 0.0616. The molecule has 0 aliphatic carbocycles. The molecule has 1 atom stereocenters. The van der Waals surface area contributed by atoms with Crippen molar-refractivity contribution in [2.45, 2.75) is 20.0 Å². The SMILES string of the molecule is CCOC(C)CNc1nnc(N)o1. The van der Waals surface area contributed by atoms with Crippen molar-refractivity contribution in [3.05, 3.63) is 0 Å². The van der Waals surface area contributed by atoms with Crippen molar-refractivity contribution < 1.29 is 9.15 Å². The average Bonchev–Trinajstić information content (AvgIpc) is 2.49. The van der Waals surface area contributed by atoms with Gasteiger partial charge in [0.15, 0.2) is 0 Å². The van der Waals surface area contributed by atoms with E-state index in [0.717, 1.165) is 0 Å². The molecule has 0 bridgehead atoms. The molecule has 1 heterocycles. The van der Waals surface area contributed by atoms with Crippen molar-refractivity contribution in [1.29, 1.82) is 0 Å². The Kier molecular flexibility index (Phi) is 3.51. The Morgan fingerprint density at radius 3 is 2.92 bits per heavy atom. The summed E-state index contributed by atoms with van der Waals surface area (Å²) in [5.74, 6) is 0. The third-order valence-corrected chi connectivity index (χ3v) is 1.43. The van der Waals surface area contributed by atoms with Gasteiger partial charge in [0.05, 0.1) is 6.10 Å². The molecule has 1 aromatic heterocycles. The van der Waals surface area contributed by atoms with Crippen LogP contribution in [0, 0.1) is 0 Å². The standard InChI is InChI=1S/C7H14N4O2/c1-3-12-5(2)4-9-7-11-10-6(8)13-7/h5H,3-4H2,1-2H3,(H2,8,10)(H,9,11). The third kappa shape index (κ3) is 3.29. The van der Waals surface area contributed by atoms with Crippen molar-refractivity contribution in [3.8, 4) is 0 Å². The molecular weight excluding hydrogens is 172 g/mol. The quantitative estimate of drug-likeness (QED) is 0.696. The maximum atomic E-state index is 5.29. The number of nitrogens with two attached hydrogens (primary N) is 1. The van der Waals surface area contributed by atoms with E-state index in [2.05, 4.69) is 15.5 Å². The lowest BCUT2D eigenvalue weighted by Crippen LogP contribution is -2.19. The van der Waals surface area contributed by atoms with Gasteiger partial charge in [-0.15, -0.1) is 0 Å². The van der Waals surface area contributed by atoms with Crippen molar-refractivity contribution in [1.82, 2.24) is 10.2 Å². The number of ether oxygens (including phenoxy) is 1. The molecule has 6 nitrogen and oxygen atoms in total. The summed E-state index contributed by atoms with van der Waals surface area (Å²) >= 11 is 0. The van der Waals surface area contributed by atoms with Gasteiger partial charge in [0.1, 0.15) is 0 Å². The highest BCUT2D eigenvalue weighted by molar-refractivity contribution is 5.22. The highest BCUT2D eigenvalue weighted by atomic mass is 16.5. The van der Waals surface area contributed by atoms with Crippen LogP contribution in [0.1, 0.15) is 13.8 Å². The lowest BCUT2D eigenvalue weighted by molar-refractivity contribution is 0.0851. The summed E-state index contributed by atoms with van der Waals surface area (Å²) in [6, 6.07) is 0.385. The van der Waals surface area contributed by atoms with Gasteiger partial charge in [0.2, 0.25) is 0 Å². The Morgan fingerprint density at radius 1 is 1.62 bits per heavy atom. The Morgan fingerprint density at radius 2 is 2.38 bits per heavy atom. The van der Waals surface area contributed by atoms with E-state index in [9.17, 15) is 0 Å². The number of hydrogen-bond donors (Lipinski definition) is 2. The number of anilines is 2. The molecule has 1 unspecified atom stereocenters. The van der Waals surface area contributed by atoms with Gasteiger partial charge in [-0.05, 0) is 13.8 Å². The minimum atomic E-state index is 0.0616. The first-order valence-corrected chi connectivity index (χ1v) is 4.16. The molecule has 3 N–H and O–H groups in total. The lowest BCUT2D eigenvalue weighted by Gasteiger charge is -2.10. The fourth-order valence-corrected chi connectivity index (χ4v) is 0.880. The molecule has 0 saturated heterocycles. The predicted octanol–water partition coefficient (Wildman–Crippen LogP) is 0.489. The fraction of sp³-hybridized carbons (Fsp3) is 0.714. The number of nitrogens with one attached hydrogen (secondary N) is 1. The number of aromatic nitrogens is 2. The van der Waals surface area contributed by atoms with Gasteiger partial charge in [0.25, 0.3) is 0 Å². The first kappa shape index (κ1) is 9.79. The van der Waals surface area contributed by atoms with Crippen LogP contribution in [0.15, 0.2) is 4.42 Å². The van der Waals surface area contributed by atoms with Crippen LogP contribution in [0.4, 0.5) is 12.0 Å². The molecular formula is C7H14N4O2. The second-order valence-corrected chi connectivity index (χ2v) is 2.59. The largest absolute Gasteiger partial charge is 0.390 e. The van der Waals surface area contributed by atoms with Crippen LogP contribution in [0.25, 0.3) is 0 Å². The first-order valence-electron chi connectivity index (χ1n) is 4.16. The number of hydrogen-bond acceptors (Lipinski definition) is 6. The van der Waals surface area contributed by atoms with E-state index in [-0.39, 0.29) is 12.1 Å². The zero-order chi connectivity index (χ0) is 9.68. The van der Waals surface area contributed by atoms with Crippen LogP contribution in [0.5, 0.6) is 0 Å². The Labute approximate surface area is 76.5 Å². The van der Waals surface area contributed by atoms with Crippen LogP contribution in [-0.2, 0) is 4.74 Å². The molecule has 1 rings (SSSR count). The van der Waals surface area contributed by atoms with Crippen molar-refractivity contribution in [2.75, 3.05) is 24.2 Å². The zero-order valence-corrected chi connectivity index (χ0v) is 7.78. The van der Waals surface area contributed by atoms with Crippen molar-refractivity contribution in [2.24, 2.45) is 0 Å². The van der Waals surface area contributed by atoms with Crippen LogP contribution in [-0.4, -0.2) is 29.5 Å². The second kappa shape index (κ2) is 4.66. The minimum Gasteiger partial charge on any atom is -0.390 e. The molecule has 1 aromatic rings. The molecule has 0 amide bonds. The van der Waals surface area contributed by atoms with E-state index < -0.39 is 0 Å². The predicted molar refractivity (Wildman–Crippen MR) is 48.3 cm³/mol. The van der Waals surface area contributed by atoms with Crippen molar-refractivity contribution in [3.63, 3.8) is 0 Å². The van der Waals surface area contributed by atoms with Gasteiger partial charge in [-0.3, -0.25) is 0 Å².